The van der Waals surface area contributed by atoms with Crippen molar-refractivity contribution < 1.29 is 4.79 Å². The monoisotopic (exact) mass is 356 g/mol. The summed E-state index contributed by atoms with van der Waals surface area (Å²) in [6.07, 6.45) is 7.76. The molecule has 2 aliphatic rings. The summed E-state index contributed by atoms with van der Waals surface area (Å²) in [5.41, 5.74) is 1.63. The van der Waals surface area contributed by atoms with Crippen LogP contribution in [0, 0.1) is 11.8 Å². The third-order valence-corrected chi connectivity index (χ3v) is 4.94. The molecule has 1 amide bonds. The topological polar surface area (TPSA) is 49.6 Å². The maximum absolute atomic E-state index is 12.7. The molecule has 2 aromatic rings. The normalized spacial score (nSPS) is 23.6. The van der Waals surface area contributed by atoms with Crippen LogP contribution >= 0.6 is 24.8 Å². The van der Waals surface area contributed by atoms with Crippen LogP contribution in [0.5, 0.6) is 0 Å². The number of carbonyl (C=O) groups is 1. The molecular formula is C16H22Cl2N4O. The second kappa shape index (κ2) is 7.51. The van der Waals surface area contributed by atoms with Crippen LogP contribution in [0.25, 0.3) is 5.65 Å². The van der Waals surface area contributed by atoms with E-state index >= 15 is 0 Å². The number of likely N-dealkylation sites (tertiary alicyclic amines) is 1. The van der Waals surface area contributed by atoms with Gasteiger partial charge in [-0.15, -0.1) is 24.8 Å². The summed E-state index contributed by atoms with van der Waals surface area (Å²) in [7, 11) is 0. The Balaban J connectivity index is 0.000000960. The molecule has 126 valence electrons. The standard InChI is InChI=1S/C16H20N4O.2ClH/c21-16(14-1-2-15-18-5-8-20(15)11-14)19-6-3-12-9-17-10-13(12)4-7-19;;/h1-2,5,8,11-13,17H,3-4,6-7,9-10H2;2*1H/t12-,13+;;. The maximum Gasteiger partial charge on any atom is 0.255 e. The Morgan fingerprint density at radius 1 is 1.13 bits per heavy atom. The second-order valence-electron chi connectivity index (χ2n) is 6.16. The highest BCUT2D eigenvalue weighted by Crippen LogP contribution is 2.27. The highest BCUT2D eigenvalue weighted by Gasteiger charge is 2.31. The predicted molar refractivity (Wildman–Crippen MR) is 94.7 cm³/mol. The molecule has 4 heterocycles. The number of amides is 1. The molecule has 1 N–H and O–H groups in total. The summed E-state index contributed by atoms with van der Waals surface area (Å²) in [6, 6.07) is 3.79. The second-order valence-corrected chi connectivity index (χ2v) is 6.16. The Morgan fingerprint density at radius 2 is 1.83 bits per heavy atom. The average Bonchev–Trinajstić information content (AvgIpc) is 3.11. The number of fused-ring (bicyclic) bond motifs is 2. The van der Waals surface area contributed by atoms with Gasteiger partial charge in [0.2, 0.25) is 0 Å². The number of nitrogens with one attached hydrogen (secondary N) is 1. The van der Waals surface area contributed by atoms with E-state index in [2.05, 4.69) is 10.3 Å². The van der Waals surface area contributed by atoms with Gasteiger partial charge in [0.15, 0.2) is 0 Å². The van der Waals surface area contributed by atoms with Crippen molar-refractivity contribution >= 4 is 36.4 Å². The van der Waals surface area contributed by atoms with Crippen molar-refractivity contribution in [2.24, 2.45) is 11.8 Å². The van der Waals surface area contributed by atoms with E-state index < -0.39 is 0 Å². The lowest BCUT2D eigenvalue weighted by Gasteiger charge is -2.21. The van der Waals surface area contributed by atoms with Gasteiger partial charge in [0.1, 0.15) is 5.65 Å². The van der Waals surface area contributed by atoms with Gasteiger partial charge in [0, 0.05) is 31.7 Å². The molecule has 4 rings (SSSR count). The zero-order valence-electron chi connectivity index (χ0n) is 12.9. The Hall–Kier alpha value is -1.30. The molecule has 2 saturated heterocycles. The molecule has 0 aromatic carbocycles. The Kier molecular flexibility index (Phi) is 5.89. The highest BCUT2D eigenvalue weighted by molar-refractivity contribution is 5.94. The van der Waals surface area contributed by atoms with Crippen molar-refractivity contribution in [1.29, 1.82) is 0 Å². The van der Waals surface area contributed by atoms with Crippen molar-refractivity contribution in [3.8, 4) is 0 Å². The molecule has 5 nitrogen and oxygen atoms in total. The van der Waals surface area contributed by atoms with Crippen LogP contribution in [0.4, 0.5) is 0 Å². The van der Waals surface area contributed by atoms with E-state index in [1.807, 2.05) is 33.8 Å². The van der Waals surface area contributed by atoms with E-state index in [-0.39, 0.29) is 30.7 Å². The molecule has 2 aromatic heterocycles. The number of aromatic nitrogens is 2. The molecule has 2 aliphatic heterocycles. The first-order valence-corrected chi connectivity index (χ1v) is 7.74. The zero-order valence-corrected chi connectivity index (χ0v) is 14.5. The fourth-order valence-corrected chi connectivity index (χ4v) is 3.65. The van der Waals surface area contributed by atoms with Gasteiger partial charge in [-0.1, -0.05) is 0 Å². The summed E-state index contributed by atoms with van der Waals surface area (Å²) in [6.45, 7) is 3.99. The zero-order chi connectivity index (χ0) is 14.2. The van der Waals surface area contributed by atoms with E-state index in [9.17, 15) is 4.79 Å². The molecule has 7 heteroatoms. The van der Waals surface area contributed by atoms with Crippen LogP contribution < -0.4 is 5.32 Å². The number of hydrogen-bond donors (Lipinski definition) is 1. The van der Waals surface area contributed by atoms with E-state index in [1.165, 1.54) is 0 Å². The quantitative estimate of drug-likeness (QED) is 0.852. The lowest BCUT2D eigenvalue weighted by Crippen LogP contribution is -2.32. The molecule has 23 heavy (non-hydrogen) atoms. The van der Waals surface area contributed by atoms with Crippen molar-refractivity contribution in [2.45, 2.75) is 12.8 Å². The van der Waals surface area contributed by atoms with Gasteiger partial charge in [0.25, 0.3) is 5.91 Å². The minimum absolute atomic E-state index is 0. The number of hydrogen-bond acceptors (Lipinski definition) is 3. The van der Waals surface area contributed by atoms with Crippen molar-refractivity contribution in [3.05, 3.63) is 36.3 Å². The van der Waals surface area contributed by atoms with E-state index in [1.54, 1.807) is 6.20 Å². The molecule has 0 radical (unpaired) electrons. The minimum Gasteiger partial charge on any atom is -0.339 e. The Morgan fingerprint density at radius 3 is 2.52 bits per heavy atom. The Labute approximate surface area is 148 Å². The van der Waals surface area contributed by atoms with Gasteiger partial charge in [-0.25, -0.2) is 4.98 Å². The van der Waals surface area contributed by atoms with E-state index in [4.69, 9.17) is 0 Å². The van der Waals surface area contributed by atoms with Crippen molar-refractivity contribution in [3.63, 3.8) is 0 Å². The predicted octanol–water partition coefficient (Wildman–Crippen LogP) is 2.25. The van der Waals surface area contributed by atoms with Crippen LogP contribution in [0.3, 0.4) is 0 Å². The minimum atomic E-state index is 0. The van der Waals surface area contributed by atoms with Gasteiger partial charge >= 0.3 is 0 Å². The molecule has 0 unspecified atom stereocenters. The summed E-state index contributed by atoms with van der Waals surface area (Å²) in [5.74, 6) is 1.65. The number of imidazole rings is 1. The van der Waals surface area contributed by atoms with Gasteiger partial charge in [-0.05, 0) is 49.9 Å². The van der Waals surface area contributed by atoms with E-state index in [0.29, 0.717) is 0 Å². The number of nitrogens with zero attached hydrogens (tertiary/aromatic N) is 3. The molecule has 2 fully saturated rings. The van der Waals surface area contributed by atoms with Crippen molar-refractivity contribution in [1.82, 2.24) is 19.6 Å². The van der Waals surface area contributed by atoms with Crippen LogP contribution in [-0.4, -0.2) is 46.4 Å². The largest absolute Gasteiger partial charge is 0.339 e. The van der Waals surface area contributed by atoms with Gasteiger partial charge < -0.3 is 14.6 Å². The third-order valence-electron chi connectivity index (χ3n) is 4.94. The maximum atomic E-state index is 12.7. The summed E-state index contributed by atoms with van der Waals surface area (Å²) in [4.78, 5) is 19.0. The first kappa shape index (κ1) is 18.0. The first-order valence-electron chi connectivity index (χ1n) is 7.74. The van der Waals surface area contributed by atoms with E-state index in [0.717, 1.165) is 62.1 Å². The summed E-state index contributed by atoms with van der Waals surface area (Å²) in [5, 5.41) is 3.47. The highest BCUT2D eigenvalue weighted by atomic mass is 35.5. The number of carbonyl (C=O) groups excluding carboxylic acids is 1. The lowest BCUT2D eigenvalue weighted by molar-refractivity contribution is 0.0758. The molecule has 0 saturated carbocycles. The average molecular weight is 357 g/mol. The SMILES string of the molecule is Cl.Cl.O=C(c1ccc2nccn2c1)N1CC[C@@H]2CNC[C@@H]2CC1. The lowest BCUT2D eigenvalue weighted by atomic mass is 9.92. The smallest absolute Gasteiger partial charge is 0.255 e. The number of rotatable bonds is 1. The van der Waals surface area contributed by atoms with Crippen molar-refractivity contribution in [2.75, 3.05) is 26.2 Å². The third kappa shape index (κ3) is 3.47. The van der Waals surface area contributed by atoms with Gasteiger partial charge in [0.05, 0.1) is 5.56 Å². The number of pyridine rings is 1. The summed E-state index contributed by atoms with van der Waals surface area (Å²) >= 11 is 0. The fraction of sp³-hybridized carbons (Fsp3) is 0.500. The molecular weight excluding hydrogens is 335 g/mol. The summed E-state index contributed by atoms with van der Waals surface area (Å²) < 4.78 is 1.91. The number of halogens is 2. The fourth-order valence-electron chi connectivity index (χ4n) is 3.65. The molecule has 0 spiro atoms. The Bertz CT molecular complexity index is 661. The molecule has 0 aliphatic carbocycles. The molecule has 0 bridgehead atoms. The molecule has 2 atom stereocenters. The van der Waals surface area contributed by atoms with Crippen LogP contribution in [0.15, 0.2) is 30.7 Å². The van der Waals surface area contributed by atoms with Crippen LogP contribution in [0.2, 0.25) is 0 Å². The van der Waals surface area contributed by atoms with Crippen LogP contribution in [-0.2, 0) is 0 Å². The van der Waals surface area contributed by atoms with Gasteiger partial charge in [-0.2, -0.15) is 0 Å². The van der Waals surface area contributed by atoms with Gasteiger partial charge in [-0.3, -0.25) is 4.79 Å². The van der Waals surface area contributed by atoms with Crippen LogP contribution in [0.1, 0.15) is 23.2 Å². The first-order chi connectivity index (χ1) is 10.3.